The lowest BCUT2D eigenvalue weighted by Gasteiger charge is -2.49. The molecule has 2 atom stereocenters. The van der Waals surface area contributed by atoms with Crippen molar-refractivity contribution in [1.29, 1.82) is 0 Å². The maximum atomic E-state index is 14.3. The summed E-state index contributed by atoms with van der Waals surface area (Å²) in [6.45, 7) is 5.32. The van der Waals surface area contributed by atoms with Crippen LogP contribution < -0.4 is 10.2 Å². The Balaban J connectivity index is 1.27. The Kier molecular flexibility index (Phi) is 10.1. The molecule has 13 heteroatoms. The summed E-state index contributed by atoms with van der Waals surface area (Å²) in [5.41, 5.74) is 2.21. The number of hydrogen-bond acceptors (Lipinski definition) is 11. The number of benzene rings is 3. The number of esters is 2. The first-order chi connectivity index (χ1) is 23.9. The van der Waals surface area contributed by atoms with E-state index < -0.39 is 46.9 Å². The monoisotopic (exact) mass is 711 g/mol. The quantitative estimate of drug-likeness (QED) is 0.172. The van der Waals surface area contributed by atoms with E-state index in [1.165, 1.54) is 28.0 Å². The van der Waals surface area contributed by atoms with Crippen molar-refractivity contribution in [3.05, 3.63) is 118 Å². The molecule has 1 N–H and O–H groups in total. The van der Waals surface area contributed by atoms with Crippen molar-refractivity contribution in [3.8, 4) is 0 Å². The van der Waals surface area contributed by atoms with Crippen LogP contribution in [0.25, 0.3) is 5.57 Å². The summed E-state index contributed by atoms with van der Waals surface area (Å²) in [4.78, 5) is 57.6. The lowest BCUT2D eigenvalue weighted by atomic mass is 10.00. The highest BCUT2D eigenvalue weighted by Crippen LogP contribution is 2.45. The molecule has 0 bridgehead atoms. The highest BCUT2D eigenvalue weighted by molar-refractivity contribution is 8.00. The number of nitrogens with one attached hydrogen (secondary N) is 1. The molecule has 0 radical (unpaired) electrons. The Morgan fingerprint density at radius 2 is 1.54 bits per heavy atom. The van der Waals surface area contributed by atoms with Gasteiger partial charge in [0.1, 0.15) is 27.7 Å². The second-order valence-electron chi connectivity index (χ2n) is 13.0. The van der Waals surface area contributed by atoms with Gasteiger partial charge in [0.2, 0.25) is 11.0 Å². The van der Waals surface area contributed by atoms with Crippen LogP contribution in [0.15, 0.2) is 90.6 Å². The zero-order valence-electron chi connectivity index (χ0n) is 28.3. The van der Waals surface area contributed by atoms with Gasteiger partial charge in [-0.2, -0.15) is 0 Å². The average molecular weight is 712 g/mol. The molecule has 1 aromatic heterocycles. The highest BCUT2D eigenvalue weighted by atomic mass is 32.2. The van der Waals surface area contributed by atoms with E-state index in [1.807, 2.05) is 79.7 Å². The molecule has 1 unspecified atom stereocenters. The lowest BCUT2D eigenvalue weighted by molar-refractivity contribution is -0.154. The van der Waals surface area contributed by atoms with E-state index in [4.69, 9.17) is 9.47 Å². The van der Waals surface area contributed by atoms with Crippen LogP contribution in [0.3, 0.4) is 0 Å². The topological polar surface area (TPSA) is 131 Å². The fourth-order valence-electron chi connectivity index (χ4n) is 5.64. The molecule has 1 saturated heterocycles. The summed E-state index contributed by atoms with van der Waals surface area (Å²) in [6.07, 6.45) is -0.879. The van der Waals surface area contributed by atoms with Crippen molar-refractivity contribution in [2.24, 2.45) is 0 Å². The third kappa shape index (κ3) is 7.43. The average Bonchev–Trinajstić information content (AvgIpc) is 3.60. The van der Waals surface area contributed by atoms with Crippen LogP contribution in [-0.4, -0.2) is 75.7 Å². The van der Waals surface area contributed by atoms with Gasteiger partial charge in [0.25, 0.3) is 5.91 Å². The summed E-state index contributed by atoms with van der Waals surface area (Å²) >= 11 is 2.72. The van der Waals surface area contributed by atoms with Crippen LogP contribution in [0.2, 0.25) is 0 Å². The van der Waals surface area contributed by atoms with Crippen molar-refractivity contribution in [1.82, 2.24) is 20.4 Å². The molecule has 2 aliphatic heterocycles. The minimum Gasteiger partial charge on any atom is -0.456 e. The molecule has 2 aliphatic rings. The standard InChI is InChI=1S/C37H37N5O6S2/c1-37(2,3)48-34(45)25-19-13-12-18-24(25)20-27(43)38-28-32(44)42-29(26(21-49-33(28)42)31-39-40-36(50-31)41(4)5)35(46)47-30(22-14-8-6-9-15-22)23-16-10-7-11-17-23/h6-19,28,30,33H,20-21H2,1-5H3,(H,38,43)/t28?,33-/m1/s1. The first kappa shape index (κ1) is 34.8. The third-order valence-corrected chi connectivity index (χ3v) is 10.4. The van der Waals surface area contributed by atoms with E-state index in [9.17, 15) is 19.2 Å². The molecule has 1 fully saturated rings. The van der Waals surface area contributed by atoms with Gasteiger partial charge in [-0.1, -0.05) is 90.2 Å². The van der Waals surface area contributed by atoms with Crippen LogP contribution in [0, 0.1) is 0 Å². The van der Waals surface area contributed by atoms with Gasteiger partial charge in [-0.25, -0.2) is 9.59 Å². The Morgan fingerprint density at radius 1 is 0.920 bits per heavy atom. The number of rotatable bonds is 10. The maximum absolute atomic E-state index is 14.3. The number of carbonyl (C=O) groups is 4. The molecule has 258 valence electrons. The molecular formula is C37H37N5O6S2. The largest absolute Gasteiger partial charge is 0.456 e. The van der Waals surface area contributed by atoms with Gasteiger partial charge in [0, 0.05) is 25.4 Å². The molecule has 0 aliphatic carbocycles. The van der Waals surface area contributed by atoms with E-state index in [0.717, 1.165) is 11.1 Å². The lowest BCUT2D eigenvalue weighted by Crippen LogP contribution is -2.70. The zero-order valence-corrected chi connectivity index (χ0v) is 29.9. The summed E-state index contributed by atoms with van der Waals surface area (Å²) in [7, 11) is 3.70. The zero-order chi connectivity index (χ0) is 35.6. The van der Waals surface area contributed by atoms with Crippen LogP contribution in [0.1, 0.15) is 58.9 Å². The first-order valence-electron chi connectivity index (χ1n) is 16.0. The Morgan fingerprint density at radius 3 is 2.14 bits per heavy atom. The molecule has 0 saturated carbocycles. The van der Waals surface area contributed by atoms with Crippen LogP contribution >= 0.6 is 23.1 Å². The van der Waals surface area contributed by atoms with Gasteiger partial charge in [0.15, 0.2) is 6.10 Å². The van der Waals surface area contributed by atoms with Crippen molar-refractivity contribution < 1.29 is 28.7 Å². The Bertz CT molecular complexity index is 1900. The maximum Gasteiger partial charge on any atom is 0.356 e. The molecule has 4 aromatic rings. The molecular weight excluding hydrogens is 675 g/mol. The number of carbonyl (C=O) groups excluding carboxylic acids is 4. The molecule has 6 rings (SSSR count). The number of fused-ring (bicyclic) bond motifs is 1. The summed E-state index contributed by atoms with van der Waals surface area (Å²) in [5, 5.41) is 12.0. The van der Waals surface area contributed by atoms with E-state index in [-0.39, 0.29) is 17.7 Å². The van der Waals surface area contributed by atoms with Crippen molar-refractivity contribution in [2.75, 3.05) is 24.7 Å². The highest BCUT2D eigenvalue weighted by Gasteiger charge is 2.55. The number of nitrogens with zero attached hydrogens (tertiary/aromatic N) is 4. The number of ether oxygens (including phenoxy) is 2. The molecule has 11 nitrogen and oxygen atoms in total. The van der Waals surface area contributed by atoms with Crippen LogP contribution in [0.4, 0.5) is 5.13 Å². The van der Waals surface area contributed by atoms with Crippen LogP contribution in [0.5, 0.6) is 0 Å². The van der Waals surface area contributed by atoms with E-state index >= 15 is 0 Å². The number of hydrogen-bond donors (Lipinski definition) is 1. The minimum atomic E-state index is -0.892. The predicted molar refractivity (Wildman–Crippen MR) is 192 cm³/mol. The summed E-state index contributed by atoms with van der Waals surface area (Å²) in [6, 6.07) is 24.7. The number of aromatic nitrogens is 2. The number of anilines is 1. The van der Waals surface area contributed by atoms with Gasteiger partial charge in [-0.3, -0.25) is 14.5 Å². The Labute approximate surface area is 298 Å². The Hall–Kier alpha value is -5.01. The SMILES string of the molecule is CN(C)c1nnc(C2=C(C(=O)OC(c3ccccc3)c3ccccc3)N3C(=O)C(NC(=O)Cc4ccccc4C(=O)OC(C)(C)C)[C@H]3SC2)s1. The number of β-lactam (4-membered cyclic amide) rings is 1. The molecule has 50 heavy (non-hydrogen) atoms. The second kappa shape index (κ2) is 14.5. The normalized spacial score (nSPS) is 17.2. The smallest absolute Gasteiger partial charge is 0.356 e. The van der Waals surface area contributed by atoms with Crippen molar-refractivity contribution in [3.63, 3.8) is 0 Å². The van der Waals surface area contributed by atoms with Crippen molar-refractivity contribution in [2.45, 2.75) is 50.3 Å². The third-order valence-electron chi connectivity index (χ3n) is 7.95. The summed E-state index contributed by atoms with van der Waals surface area (Å²) < 4.78 is 11.8. The molecule has 3 heterocycles. The number of amides is 2. The number of thioether (sulfide) groups is 1. The van der Waals surface area contributed by atoms with E-state index in [2.05, 4.69) is 15.5 Å². The fourth-order valence-corrected chi connectivity index (χ4v) is 7.89. The van der Waals surface area contributed by atoms with Gasteiger partial charge in [-0.15, -0.1) is 22.0 Å². The predicted octanol–water partition coefficient (Wildman–Crippen LogP) is 5.25. The van der Waals surface area contributed by atoms with Gasteiger partial charge >= 0.3 is 11.9 Å². The molecule has 2 amide bonds. The fraction of sp³-hybridized carbons (Fsp3) is 0.297. The molecule has 3 aromatic carbocycles. The van der Waals surface area contributed by atoms with E-state index in [1.54, 1.807) is 45.0 Å². The van der Waals surface area contributed by atoms with Gasteiger partial charge < -0.3 is 19.7 Å². The first-order valence-corrected chi connectivity index (χ1v) is 17.9. The minimum absolute atomic E-state index is 0.0813. The van der Waals surface area contributed by atoms with E-state index in [0.29, 0.717) is 27.0 Å². The second-order valence-corrected chi connectivity index (χ2v) is 15.1. The van der Waals surface area contributed by atoms with Crippen molar-refractivity contribution >= 4 is 57.6 Å². The summed E-state index contributed by atoms with van der Waals surface area (Å²) in [5.74, 6) is -1.78. The molecule has 0 spiro atoms. The van der Waals surface area contributed by atoms with Gasteiger partial charge in [0.05, 0.1) is 12.0 Å². The van der Waals surface area contributed by atoms with Gasteiger partial charge in [-0.05, 0) is 43.5 Å². The van der Waals surface area contributed by atoms with Crippen LogP contribution in [-0.2, 0) is 30.3 Å².